The van der Waals surface area contributed by atoms with Gasteiger partial charge in [-0.1, -0.05) is 28.1 Å². The van der Waals surface area contributed by atoms with Crippen LogP contribution in [0.3, 0.4) is 0 Å². The van der Waals surface area contributed by atoms with Gasteiger partial charge in [0.25, 0.3) is 0 Å². The van der Waals surface area contributed by atoms with Crippen LogP contribution in [0.5, 0.6) is 0 Å². The number of nitrogens with two attached hydrogens (primary N) is 1. The van der Waals surface area contributed by atoms with Gasteiger partial charge in [0.15, 0.2) is 0 Å². The van der Waals surface area contributed by atoms with Gasteiger partial charge in [-0.05, 0) is 30.2 Å². The molecule has 2 N–H and O–H groups in total. The molecule has 1 aromatic heterocycles. The van der Waals surface area contributed by atoms with Crippen LogP contribution in [-0.2, 0) is 6.54 Å². The van der Waals surface area contributed by atoms with Gasteiger partial charge < -0.3 is 10.6 Å². The first kappa shape index (κ1) is 12.9. The van der Waals surface area contributed by atoms with Crippen LogP contribution in [0.25, 0.3) is 0 Å². The lowest BCUT2D eigenvalue weighted by Gasteiger charge is -2.19. The first-order valence-electron chi connectivity index (χ1n) is 5.74. The predicted molar refractivity (Wildman–Crippen MR) is 79.6 cm³/mol. The summed E-state index contributed by atoms with van der Waals surface area (Å²) >= 11 is 3.48. The fraction of sp³-hybridized carbons (Fsp3) is 0.214. The van der Waals surface area contributed by atoms with Gasteiger partial charge in [0, 0.05) is 36.0 Å². The van der Waals surface area contributed by atoms with E-state index in [2.05, 4.69) is 37.9 Å². The number of nitrogen functional groups attached to an aromatic ring is 1. The number of halogens is 1. The number of benzene rings is 1. The normalized spacial score (nSPS) is 10.4. The second kappa shape index (κ2) is 5.40. The maximum absolute atomic E-state index is 5.90. The molecule has 0 atom stereocenters. The Bertz CT molecular complexity index is 554. The molecule has 18 heavy (non-hydrogen) atoms. The number of hydrogen-bond acceptors (Lipinski definition) is 3. The van der Waals surface area contributed by atoms with Crippen LogP contribution < -0.4 is 10.6 Å². The Hall–Kier alpha value is -1.55. The lowest BCUT2D eigenvalue weighted by molar-refractivity contribution is 0.896. The molecule has 0 saturated carbocycles. The molecular formula is C14H16BrN3. The van der Waals surface area contributed by atoms with Crippen LogP contribution >= 0.6 is 15.9 Å². The third kappa shape index (κ3) is 3.01. The molecule has 0 saturated heterocycles. The maximum atomic E-state index is 5.90. The summed E-state index contributed by atoms with van der Waals surface area (Å²) in [5.74, 6) is 0.887. The van der Waals surface area contributed by atoms with E-state index in [9.17, 15) is 0 Å². The van der Waals surface area contributed by atoms with Crippen molar-refractivity contribution in [2.24, 2.45) is 0 Å². The number of hydrogen-bond donors (Lipinski definition) is 1. The van der Waals surface area contributed by atoms with Crippen molar-refractivity contribution in [2.45, 2.75) is 13.5 Å². The lowest BCUT2D eigenvalue weighted by atomic mass is 10.2. The van der Waals surface area contributed by atoms with E-state index in [1.54, 1.807) is 0 Å². The first-order chi connectivity index (χ1) is 8.56. The van der Waals surface area contributed by atoms with Gasteiger partial charge in [-0.25, -0.2) is 4.98 Å². The van der Waals surface area contributed by atoms with E-state index in [0.717, 1.165) is 28.1 Å². The molecule has 0 spiro atoms. The second-order valence-electron chi connectivity index (χ2n) is 4.39. The fourth-order valence-corrected chi connectivity index (χ4v) is 2.17. The first-order valence-corrected chi connectivity index (χ1v) is 6.53. The van der Waals surface area contributed by atoms with Crippen LogP contribution in [0.4, 0.5) is 11.5 Å². The average molecular weight is 306 g/mol. The summed E-state index contributed by atoms with van der Waals surface area (Å²) in [6.07, 6.45) is 1.81. The minimum absolute atomic E-state index is 0.779. The monoisotopic (exact) mass is 305 g/mol. The molecule has 2 rings (SSSR count). The zero-order valence-corrected chi connectivity index (χ0v) is 12.1. The zero-order valence-electron chi connectivity index (χ0n) is 10.5. The van der Waals surface area contributed by atoms with Crippen molar-refractivity contribution in [3.05, 3.63) is 52.1 Å². The van der Waals surface area contributed by atoms with Crippen molar-refractivity contribution in [2.75, 3.05) is 17.7 Å². The van der Waals surface area contributed by atoms with E-state index in [1.165, 1.54) is 5.56 Å². The molecule has 1 heterocycles. The highest BCUT2D eigenvalue weighted by molar-refractivity contribution is 9.10. The summed E-state index contributed by atoms with van der Waals surface area (Å²) in [5.41, 5.74) is 8.92. The van der Waals surface area contributed by atoms with E-state index in [4.69, 9.17) is 5.73 Å². The summed E-state index contributed by atoms with van der Waals surface area (Å²) < 4.78 is 1.09. The van der Waals surface area contributed by atoms with Crippen molar-refractivity contribution < 1.29 is 0 Å². The van der Waals surface area contributed by atoms with Crippen LogP contribution in [0.15, 0.2) is 41.0 Å². The minimum Gasteiger partial charge on any atom is -0.398 e. The van der Waals surface area contributed by atoms with E-state index in [-0.39, 0.29) is 0 Å². The standard InChI is InChI=1S/C14H16BrN3/c1-10-8-17-14(7-13(10)16)18(2)9-11-4-3-5-12(15)6-11/h3-8H,9H2,1-2H3,(H2,16,17). The minimum atomic E-state index is 0.779. The Morgan fingerprint density at radius 1 is 1.33 bits per heavy atom. The number of pyridine rings is 1. The second-order valence-corrected chi connectivity index (χ2v) is 5.30. The summed E-state index contributed by atoms with van der Waals surface area (Å²) in [6.45, 7) is 2.76. The third-order valence-electron chi connectivity index (χ3n) is 2.83. The van der Waals surface area contributed by atoms with Gasteiger partial charge in [-0.3, -0.25) is 0 Å². The van der Waals surface area contributed by atoms with Crippen molar-refractivity contribution in [3.8, 4) is 0 Å². The molecule has 0 radical (unpaired) electrons. The summed E-state index contributed by atoms with van der Waals surface area (Å²) in [4.78, 5) is 6.47. The van der Waals surface area contributed by atoms with Crippen LogP contribution in [-0.4, -0.2) is 12.0 Å². The quantitative estimate of drug-likeness (QED) is 0.945. The number of anilines is 2. The Morgan fingerprint density at radius 3 is 2.78 bits per heavy atom. The average Bonchev–Trinajstić information content (AvgIpc) is 2.32. The largest absolute Gasteiger partial charge is 0.398 e. The molecule has 0 amide bonds. The molecule has 2 aromatic rings. The molecule has 1 aromatic carbocycles. The summed E-state index contributed by atoms with van der Waals surface area (Å²) in [5, 5.41) is 0. The Balaban J connectivity index is 2.16. The van der Waals surface area contributed by atoms with Crippen LogP contribution in [0, 0.1) is 6.92 Å². The fourth-order valence-electron chi connectivity index (χ4n) is 1.73. The van der Waals surface area contributed by atoms with Gasteiger partial charge in [0.2, 0.25) is 0 Å². The van der Waals surface area contributed by atoms with Gasteiger partial charge >= 0.3 is 0 Å². The summed E-state index contributed by atoms with van der Waals surface area (Å²) in [7, 11) is 2.01. The van der Waals surface area contributed by atoms with E-state index >= 15 is 0 Å². The van der Waals surface area contributed by atoms with Gasteiger partial charge in [0.1, 0.15) is 5.82 Å². The number of aromatic nitrogens is 1. The molecule has 3 nitrogen and oxygen atoms in total. The van der Waals surface area contributed by atoms with Crippen LogP contribution in [0.1, 0.15) is 11.1 Å². The third-order valence-corrected chi connectivity index (χ3v) is 3.32. The van der Waals surface area contributed by atoms with Crippen LogP contribution in [0.2, 0.25) is 0 Å². The summed E-state index contributed by atoms with van der Waals surface area (Å²) in [6, 6.07) is 10.2. The highest BCUT2D eigenvalue weighted by Gasteiger charge is 2.05. The van der Waals surface area contributed by atoms with E-state index in [1.807, 2.05) is 38.4 Å². The smallest absolute Gasteiger partial charge is 0.130 e. The van der Waals surface area contributed by atoms with Crippen molar-refractivity contribution >= 4 is 27.4 Å². The number of nitrogens with zero attached hydrogens (tertiary/aromatic N) is 2. The zero-order chi connectivity index (χ0) is 13.1. The van der Waals surface area contributed by atoms with Crippen molar-refractivity contribution in [1.29, 1.82) is 0 Å². The Morgan fingerprint density at radius 2 is 2.11 bits per heavy atom. The van der Waals surface area contributed by atoms with Crippen molar-refractivity contribution in [1.82, 2.24) is 4.98 Å². The molecule has 0 unspecified atom stereocenters. The molecule has 94 valence electrons. The number of aryl methyl sites for hydroxylation is 1. The Labute approximate surface area is 116 Å². The molecule has 0 bridgehead atoms. The molecule has 0 fully saturated rings. The topological polar surface area (TPSA) is 42.2 Å². The highest BCUT2D eigenvalue weighted by Crippen LogP contribution is 2.19. The predicted octanol–water partition coefficient (Wildman–Crippen LogP) is 3.37. The maximum Gasteiger partial charge on any atom is 0.130 e. The van der Waals surface area contributed by atoms with E-state index < -0.39 is 0 Å². The van der Waals surface area contributed by atoms with Gasteiger partial charge in [-0.15, -0.1) is 0 Å². The molecule has 0 aliphatic rings. The molecule has 4 heteroatoms. The molecular weight excluding hydrogens is 290 g/mol. The molecule has 0 aliphatic heterocycles. The molecule has 0 aliphatic carbocycles. The lowest BCUT2D eigenvalue weighted by Crippen LogP contribution is -2.18. The van der Waals surface area contributed by atoms with Gasteiger partial charge in [0.05, 0.1) is 0 Å². The Kier molecular flexibility index (Phi) is 3.87. The van der Waals surface area contributed by atoms with Crippen molar-refractivity contribution in [3.63, 3.8) is 0 Å². The SMILES string of the molecule is Cc1cnc(N(C)Cc2cccc(Br)c2)cc1N. The van der Waals surface area contributed by atoms with Gasteiger partial charge in [-0.2, -0.15) is 0 Å². The highest BCUT2D eigenvalue weighted by atomic mass is 79.9. The number of rotatable bonds is 3. The van der Waals surface area contributed by atoms with E-state index in [0.29, 0.717) is 0 Å².